The fourth-order valence-electron chi connectivity index (χ4n) is 2.36. The van der Waals surface area contributed by atoms with Crippen LogP contribution in [0.2, 0.25) is 0 Å². The van der Waals surface area contributed by atoms with Crippen molar-refractivity contribution >= 4 is 19.4 Å². The summed E-state index contributed by atoms with van der Waals surface area (Å²) in [5.74, 6) is 6.67. The molecule has 0 aliphatic carbocycles. The molecule has 1 heteroatoms. The SMILES string of the molecule is CCCCCCC#C/C=C(/CCCCCC)[Se]c1ccccc1. The first-order chi connectivity index (χ1) is 11.4. The molecule has 1 aromatic rings. The van der Waals surface area contributed by atoms with Gasteiger partial charge in [0.15, 0.2) is 0 Å². The fraction of sp³-hybridized carbons (Fsp3) is 0.545. The molecule has 0 amide bonds. The van der Waals surface area contributed by atoms with E-state index in [0.29, 0.717) is 15.0 Å². The quantitative estimate of drug-likeness (QED) is 0.259. The summed E-state index contributed by atoms with van der Waals surface area (Å²) in [6.07, 6.45) is 15.0. The number of benzene rings is 1. The molecule has 0 aliphatic rings. The van der Waals surface area contributed by atoms with Gasteiger partial charge in [0, 0.05) is 0 Å². The van der Waals surface area contributed by atoms with Crippen LogP contribution in [0.5, 0.6) is 0 Å². The van der Waals surface area contributed by atoms with Crippen molar-refractivity contribution in [2.24, 2.45) is 0 Å². The molecule has 0 aromatic heterocycles. The van der Waals surface area contributed by atoms with Gasteiger partial charge in [-0.05, 0) is 0 Å². The molecule has 0 N–H and O–H groups in total. The van der Waals surface area contributed by atoms with Crippen LogP contribution in [0.4, 0.5) is 0 Å². The van der Waals surface area contributed by atoms with Crippen molar-refractivity contribution < 1.29 is 0 Å². The standard InChI is InChI=1S/C22H32Se/c1-3-5-7-9-10-11-14-18-21(17-13-8-6-4-2)23-22-19-15-12-16-20-22/h12,15-16,18-20H,3-10,13,17H2,1-2H3/b21-18-. The van der Waals surface area contributed by atoms with Crippen molar-refractivity contribution in [2.75, 3.05) is 0 Å². The zero-order chi connectivity index (χ0) is 16.6. The van der Waals surface area contributed by atoms with Crippen LogP contribution >= 0.6 is 0 Å². The second-order valence-corrected chi connectivity index (χ2v) is 8.49. The van der Waals surface area contributed by atoms with Gasteiger partial charge in [0.2, 0.25) is 0 Å². The molecule has 0 heterocycles. The molecule has 0 radical (unpaired) electrons. The summed E-state index contributed by atoms with van der Waals surface area (Å²) in [6.45, 7) is 4.53. The van der Waals surface area contributed by atoms with Gasteiger partial charge in [-0.1, -0.05) is 0 Å². The third-order valence-corrected chi connectivity index (χ3v) is 6.05. The third kappa shape index (κ3) is 11.2. The monoisotopic (exact) mass is 376 g/mol. The van der Waals surface area contributed by atoms with Gasteiger partial charge in [0.05, 0.1) is 0 Å². The van der Waals surface area contributed by atoms with Crippen molar-refractivity contribution in [1.82, 2.24) is 0 Å². The summed E-state index contributed by atoms with van der Waals surface area (Å²) < 4.78 is 3.02. The fourth-order valence-corrected chi connectivity index (χ4v) is 4.38. The molecule has 126 valence electrons. The van der Waals surface area contributed by atoms with Crippen LogP contribution in [-0.4, -0.2) is 15.0 Å². The third-order valence-electron chi connectivity index (χ3n) is 3.76. The molecule has 0 saturated heterocycles. The predicted molar refractivity (Wildman–Crippen MR) is 105 cm³/mol. The molecule has 1 aromatic carbocycles. The van der Waals surface area contributed by atoms with Crippen LogP contribution < -0.4 is 4.46 Å². The Kier molecular flexibility index (Phi) is 12.8. The topological polar surface area (TPSA) is 0 Å². The van der Waals surface area contributed by atoms with Gasteiger partial charge >= 0.3 is 150 Å². The first kappa shape index (κ1) is 20.1. The van der Waals surface area contributed by atoms with Gasteiger partial charge in [-0.3, -0.25) is 0 Å². The van der Waals surface area contributed by atoms with E-state index in [0.717, 1.165) is 6.42 Å². The van der Waals surface area contributed by atoms with Crippen molar-refractivity contribution in [3.8, 4) is 11.8 Å². The minimum absolute atomic E-state index is 0.435. The van der Waals surface area contributed by atoms with E-state index >= 15 is 0 Å². The van der Waals surface area contributed by atoms with Crippen LogP contribution in [0.15, 0.2) is 40.9 Å². The summed E-state index contributed by atoms with van der Waals surface area (Å²) in [7, 11) is 0. The van der Waals surface area contributed by atoms with E-state index in [1.165, 1.54) is 62.2 Å². The van der Waals surface area contributed by atoms with E-state index in [4.69, 9.17) is 0 Å². The molecule has 0 fully saturated rings. The van der Waals surface area contributed by atoms with E-state index in [9.17, 15) is 0 Å². The van der Waals surface area contributed by atoms with Crippen LogP contribution in [0.3, 0.4) is 0 Å². The average Bonchev–Trinajstić information content (AvgIpc) is 2.58. The number of rotatable bonds is 11. The molecule has 0 nitrogen and oxygen atoms in total. The van der Waals surface area contributed by atoms with E-state index in [1.54, 1.807) is 4.47 Å². The van der Waals surface area contributed by atoms with Crippen molar-refractivity contribution in [2.45, 2.75) is 78.1 Å². The molecule has 0 spiro atoms. The van der Waals surface area contributed by atoms with E-state index < -0.39 is 0 Å². The van der Waals surface area contributed by atoms with Gasteiger partial charge in [0.25, 0.3) is 0 Å². The zero-order valence-corrected chi connectivity index (χ0v) is 16.7. The molecule has 0 bridgehead atoms. The summed E-state index contributed by atoms with van der Waals surface area (Å²) in [5.41, 5.74) is 0. The van der Waals surface area contributed by atoms with Gasteiger partial charge in [-0.25, -0.2) is 0 Å². The normalized spacial score (nSPS) is 11.1. The Morgan fingerprint density at radius 1 is 0.913 bits per heavy atom. The van der Waals surface area contributed by atoms with E-state index in [1.807, 2.05) is 0 Å². The second kappa shape index (κ2) is 14.6. The molecule has 23 heavy (non-hydrogen) atoms. The molecule has 0 unspecified atom stereocenters. The van der Waals surface area contributed by atoms with Crippen LogP contribution in [0, 0.1) is 11.8 Å². The summed E-state index contributed by atoms with van der Waals surface area (Å²) in [5, 5.41) is 0. The Bertz CT molecular complexity index is 476. The Morgan fingerprint density at radius 3 is 2.30 bits per heavy atom. The number of allylic oxidation sites excluding steroid dienone is 2. The average molecular weight is 375 g/mol. The van der Waals surface area contributed by atoms with Crippen LogP contribution in [0.25, 0.3) is 0 Å². The van der Waals surface area contributed by atoms with E-state index in [-0.39, 0.29) is 0 Å². The minimum atomic E-state index is 0.435. The van der Waals surface area contributed by atoms with Crippen molar-refractivity contribution in [1.29, 1.82) is 0 Å². The van der Waals surface area contributed by atoms with Gasteiger partial charge < -0.3 is 0 Å². The Morgan fingerprint density at radius 2 is 1.61 bits per heavy atom. The summed E-state index contributed by atoms with van der Waals surface area (Å²) in [6, 6.07) is 10.9. The molecule has 1 rings (SSSR count). The van der Waals surface area contributed by atoms with Crippen LogP contribution in [0.1, 0.15) is 78.1 Å². The molecule has 0 aliphatic heterocycles. The molecule has 0 saturated carbocycles. The zero-order valence-electron chi connectivity index (χ0n) is 14.9. The Balaban J connectivity index is 2.48. The number of hydrogen-bond acceptors (Lipinski definition) is 0. The van der Waals surface area contributed by atoms with Crippen LogP contribution in [-0.2, 0) is 0 Å². The summed E-state index contributed by atoms with van der Waals surface area (Å²) >= 11 is 0.435. The Labute approximate surface area is 150 Å². The van der Waals surface area contributed by atoms with Crippen molar-refractivity contribution in [3.05, 3.63) is 40.9 Å². The molecular weight excluding hydrogens is 343 g/mol. The Hall–Kier alpha value is -0.961. The first-order valence-electron chi connectivity index (χ1n) is 9.27. The van der Waals surface area contributed by atoms with Gasteiger partial charge in [-0.15, -0.1) is 0 Å². The van der Waals surface area contributed by atoms with Gasteiger partial charge in [0.1, 0.15) is 0 Å². The molecular formula is C22H32Se. The number of hydrogen-bond donors (Lipinski definition) is 0. The second-order valence-electron chi connectivity index (χ2n) is 5.97. The van der Waals surface area contributed by atoms with Crippen molar-refractivity contribution in [3.63, 3.8) is 0 Å². The maximum absolute atomic E-state index is 3.35. The van der Waals surface area contributed by atoms with E-state index in [2.05, 4.69) is 62.1 Å². The summed E-state index contributed by atoms with van der Waals surface area (Å²) in [4.78, 5) is 0. The first-order valence-corrected chi connectivity index (χ1v) is 11.0. The maximum atomic E-state index is 3.35. The number of unbranched alkanes of at least 4 members (excludes halogenated alkanes) is 7. The molecule has 0 atom stereocenters. The van der Waals surface area contributed by atoms with Gasteiger partial charge in [-0.2, -0.15) is 0 Å². The predicted octanol–water partition coefficient (Wildman–Crippen LogP) is 5.84.